The van der Waals surface area contributed by atoms with E-state index in [1.54, 1.807) is 36.1 Å². The molecular weight excluding hydrogens is 456 g/mol. The van der Waals surface area contributed by atoms with E-state index in [1.165, 1.54) is 12.5 Å². The summed E-state index contributed by atoms with van der Waals surface area (Å²) in [6.45, 7) is 12.5. The van der Waals surface area contributed by atoms with Crippen molar-refractivity contribution in [1.29, 1.82) is 0 Å². The fraction of sp³-hybridized carbons (Fsp3) is 0.571. The van der Waals surface area contributed by atoms with Crippen LogP contribution in [0.4, 0.5) is 5.69 Å². The normalized spacial score (nSPS) is 22.2. The van der Waals surface area contributed by atoms with Crippen LogP contribution >= 0.6 is 0 Å². The van der Waals surface area contributed by atoms with Crippen molar-refractivity contribution in [3.8, 4) is 0 Å². The van der Waals surface area contributed by atoms with Crippen molar-refractivity contribution in [1.82, 2.24) is 15.1 Å². The maximum Gasteiger partial charge on any atom is 0.251 e. The topological polar surface area (TPSA) is 98.8 Å². The van der Waals surface area contributed by atoms with Crippen molar-refractivity contribution < 1.29 is 19.2 Å². The zero-order valence-corrected chi connectivity index (χ0v) is 22.2. The quantitative estimate of drug-likeness (QED) is 0.566. The van der Waals surface area contributed by atoms with E-state index in [4.69, 9.17) is 0 Å². The molecule has 1 fully saturated rings. The molecule has 36 heavy (non-hydrogen) atoms. The number of amides is 4. The molecule has 0 spiro atoms. The highest BCUT2D eigenvalue weighted by Crippen LogP contribution is 2.39. The summed E-state index contributed by atoms with van der Waals surface area (Å²) in [6.07, 6.45) is 3.66. The Morgan fingerprint density at radius 1 is 0.972 bits per heavy atom. The minimum absolute atomic E-state index is 0.0630. The van der Waals surface area contributed by atoms with Crippen molar-refractivity contribution in [3.05, 3.63) is 41.5 Å². The van der Waals surface area contributed by atoms with Gasteiger partial charge in [0.15, 0.2) is 0 Å². The van der Waals surface area contributed by atoms with Gasteiger partial charge in [0.05, 0.1) is 0 Å². The lowest BCUT2D eigenvalue weighted by molar-refractivity contribution is -0.139. The van der Waals surface area contributed by atoms with Gasteiger partial charge in [0.2, 0.25) is 17.7 Å². The van der Waals surface area contributed by atoms with E-state index in [0.717, 1.165) is 6.42 Å². The number of carbonyl (C=O) groups is 4. The number of piperazine rings is 1. The van der Waals surface area contributed by atoms with Crippen molar-refractivity contribution >= 4 is 29.3 Å². The summed E-state index contributed by atoms with van der Waals surface area (Å²) in [5, 5.41) is 5.78. The summed E-state index contributed by atoms with van der Waals surface area (Å²) >= 11 is 0. The molecule has 3 atom stereocenters. The van der Waals surface area contributed by atoms with E-state index in [2.05, 4.69) is 37.5 Å². The number of carbonyl (C=O) groups excluding carboxylic acids is 4. The Hall–Kier alpha value is -3.16. The molecule has 1 aromatic rings. The predicted octanol–water partition coefficient (Wildman–Crippen LogP) is 3.31. The van der Waals surface area contributed by atoms with Crippen LogP contribution < -0.4 is 10.6 Å². The molecule has 0 aromatic heterocycles. The van der Waals surface area contributed by atoms with Gasteiger partial charge < -0.3 is 20.4 Å². The second-order valence-electron chi connectivity index (χ2n) is 10.5. The number of allylic oxidation sites excluding steroid dienone is 1. The zero-order valence-electron chi connectivity index (χ0n) is 22.2. The zero-order chi connectivity index (χ0) is 26.4. The summed E-state index contributed by atoms with van der Waals surface area (Å²) in [7, 11) is 0. The molecule has 4 amide bonds. The molecule has 1 aliphatic heterocycles. The Morgan fingerprint density at radius 2 is 1.58 bits per heavy atom. The third-order valence-electron chi connectivity index (χ3n) is 7.55. The van der Waals surface area contributed by atoms with Crippen molar-refractivity contribution in [3.63, 3.8) is 0 Å². The monoisotopic (exact) mass is 496 g/mol. The van der Waals surface area contributed by atoms with E-state index in [-0.39, 0.29) is 35.5 Å². The van der Waals surface area contributed by atoms with Crippen LogP contribution in [-0.4, -0.2) is 66.2 Å². The molecule has 1 aromatic carbocycles. The first-order valence-corrected chi connectivity index (χ1v) is 12.9. The molecule has 1 heterocycles. The summed E-state index contributed by atoms with van der Waals surface area (Å²) < 4.78 is 0. The van der Waals surface area contributed by atoms with Gasteiger partial charge in [0, 0.05) is 64.2 Å². The number of nitrogens with zero attached hydrogens (tertiary/aromatic N) is 2. The predicted molar refractivity (Wildman–Crippen MR) is 140 cm³/mol. The summed E-state index contributed by atoms with van der Waals surface area (Å²) in [4.78, 5) is 52.2. The van der Waals surface area contributed by atoms with Gasteiger partial charge in [-0.1, -0.05) is 25.5 Å². The highest BCUT2D eigenvalue weighted by molar-refractivity contribution is 5.95. The van der Waals surface area contributed by atoms with Gasteiger partial charge in [-0.05, 0) is 61.3 Å². The lowest BCUT2D eigenvalue weighted by Gasteiger charge is -2.39. The SMILES string of the molecule is CC(=O)Nc1ccc(C(=O)NCC2C=C(C)C(CC(=O)N3CCN(C(C)=O)CC3)CC2C(C)C)cc1. The minimum atomic E-state index is -0.151. The summed E-state index contributed by atoms with van der Waals surface area (Å²) in [5.41, 5.74) is 2.42. The van der Waals surface area contributed by atoms with Gasteiger partial charge in [-0.15, -0.1) is 0 Å². The number of rotatable bonds is 7. The van der Waals surface area contributed by atoms with Crippen molar-refractivity contribution in [2.24, 2.45) is 23.7 Å². The molecule has 2 aliphatic rings. The van der Waals surface area contributed by atoms with E-state index in [0.29, 0.717) is 62.2 Å². The van der Waals surface area contributed by atoms with Crippen LogP contribution in [-0.2, 0) is 14.4 Å². The van der Waals surface area contributed by atoms with Gasteiger partial charge in [0.25, 0.3) is 5.91 Å². The van der Waals surface area contributed by atoms with Crippen LogP contribution in [0.5, 0.6) is 0 Å². The van der Waals surface area contributed by atoms with Crippen LogP contribution in [0.25, 0.3) is 0 Å². The van der Waals surface area contributed by atoms with E-state index in [9.17, 15) is 19.2 Å². The second-order valence-corrected chi connectivity index (χ2v) is 10.5. The first-order chi connectivity index (χ1) is 17.0. The highest BCUT2D eigenvalue weighted by atomic mass is 16.2. The van der Waals surface area contributed by atoms with Crippen LogP contribution in [0.15, 0.2) is 35.9 Å². The molecule has 2 N–H and O–H groups in total. The molecular formula is C28H40N4O4. The first-order valence-electron chi connectivity index (χ1n) is 12.9. The largest absolute Gasteiger partial charge is 0.351 e. The number of anilines is 1. The average molecular weight is 497 g/mol. The minimum Gasteiger partial charge on any atom is -0.351 e. The fourth-order valence-electron chi connectivity index (χ4n) is 5.34. The molecule has 0 bridgehead atoms. The van der Waals surface area contributed by atoms with Gasteiger partial charge in [-0.25, -0.2) is 0 Å². The molecule has 8 nitrogen and oxygen atoms in total. The van der Waals surface area contributed by atoms with Crippen molar-refractivity contribution in [2.75, 3.05) is 38.0 Å². The lowest BCUT2D eigenvalue weighted by atomic mass is 9.69. The third kappa shape index (κ3) is 7.18. The van der Waals surface area contributed by atoms with Gasteiger partial charge in [-0.3, -0.25) is 19.2 Å². The Bertz CT molecular complexity index is 993. The highest BCUT2D eigenvalue weighted by Gasteiger charge is 2.34. The molecule has 0 saturated carbocycles. The van der Waals surface area contributed by atoms with Gasteiger partial charge in [0.1, 0.15) is 0 Å². The van der Waals surface area contributed by atoms with Crippen LogP contribution in [0.1, 0.15) is 57.8 Å². The van der Waals surface area contributed by atoms with E-state index in [1.807, 2.05) is 4.90 Å². The van der Waals surface area contributed by atoms with Crippen LogP contribution in [0.3, 0.4) is 0 Å². The third-order valence-corrected chi connectivity index (χ3v) is 7.55. The van der Waals surface area contributed by atoms with Gasteiger partial charge in [-0.2, -0.15) is 0 Å². The molecule has 0 radical (unpaired) electrons. The Morgan fingerprint density at radius 3 is 2.14 bits per heavy atom. The van der Waals surface area contributed by atoms with Crippen LogP contribution in [0, 0.1) is 23.7 Å². The fourth-order valence-corrected chi connectivity index (χ4v) is 5.34. The molecule has 196 valence electrons. The van der Waals surface area contributed by atoms with E-state index < -0.39 is 0 Å². The maximum absolute atomic E-state index is 13.0. The Balaban J connectivity index is 1.58. The second kappa shape index (κ2) is 12.2. The lowest BCUT2D eigenvalue weighted by Crippen LogP contribution is -2.50. The maximum atomic E-state index is 13.0. The summed E-state index contributed by atoms with van der Waals surface area (Å²) in [5.74, 6) is 1.12. The Labute approximate surface area is 214 Å². The molecule has 1 saturated heterocycles. The number of nitrogens with one attached hydrogen (secondary N) is 2. The molecule has 1 aliphatic carbocycles. The van der Waals surface area contributed by atoms with E-state index >= 15 is 0 Å². The molecule has 3 rings (SSSR count). The van der Waals surface area contributed by atoms with Crippen LogP contribution in [0.2, 0.25) is 0 Å². The van der Waals surface area contributed by atoms with Gasteiger partial charge >= 0.3 is 0 Å². The average Bonchev–Trinajstić information content (AvgIpc) is 2.83. The Kier molecular flexibility index (Phi) is 9.29. The summed E-state index contributed by atoms with van der Waals surface area (Å²) in [6, 6.07) is 6.86. The smallest absolute Gasteiger partial charge is 0.251 e. The number of benzene rings is 1. The van der Waals surface area contributed by atoms with Crippen molar-refractivity contribution in [2.45, 2.75) is 47.5 Å². The number of hydrogen-bond acceptors (Lipinski definition) is 4. The number of hydrogen-bond donors (Lipinski definition) is 2. The first kappa shape index (κ1) is 27.4. The molecule has 8 heteroatoms. The standard InChI is InChI=1S/C28H40N4O4/c1-18(2)26-15-23(16-27(35)32-12-10-31(11-13-32)21(5)34)19(3)14-24(26)17-29-28(36)22-6-8-25(9-7-22)30-20(4)33/h6-9,14,18,23-24,26H,10-13,15-17H2,1-5H3,(H,29,36)(H,30,33). The molecule has 3 unspecified atom stereocenters.